The molecule has 9 heavy (non-hydrogen) atoms. The van der Waals surface area contributed by atoms with Crippen molar-refractivity contribution in [2.45, 2.75) is 12.6 Å². The third-order valence-electron chi connectivity index (χ3n) is 0.488. The van der Waals surface area contributed by atoms with Crippen LogP contribution < -0.4 is 0 Å². The molecular formula is C4H3F4I. The van der Waals surface area contributed by atoms with Crippen molar-refractivity contribution in [3.05, 3.63) is 9.91 Å². The van der Waals surface area contributed by atoms with Crippen LogP contribution in [0.15, 0.2) is 9.91 Å². The van der Waals surface area contributed by atoms with Crippen molar-refractivity contribution in [2.24, 2.45) is 0 Å². The molecule has 0 bridgehead atoms. The highest BCUT2D eigenvalue weighted by Crippen LogP contribution is 2.22. The molecule has 0 aromatic heterocycles. The van der Waals surface area contributed by atoms with Gasteiger partial charge in [-0.3, -0.25) is 0 Å². The largest absolute Gasteiger partial charge is 0.392 e. The zero-order valence-electron chi connectivity index (χ0n) is 4.17. The number of halogens is 5. The Hall–Kier alpha value is 0.190. The third-order valence-corrected chi connectivity index (χ3v) is 0.928. The number of allylic oxidation sites excluding steroid dienone is 1. The summed E-state index contributed by atoms with van der Waals surface area (Å²) in [6, 6.07) is 0. The van der Waals surface area contributed by atoms with Crippen molar-refractivity contribution in [3.8, 4) is 0 Å². The zero-order chi connectivity index (χ0) is 7.49. The molecule has 0 fully saturated rings. The fraction of sp³-hybridized carbons (Fsp3) is 0.500. The lowest BCUT2D eigenvalue weighted by atomic mass is 10.4. The maximum Gasteiger partial charge on any atom is 0.392 e. The van der Waals surface area contributed by atoms with Crippen molar-refractivity contribution in [1.29, 1.82) is 0 Å². The molecule has 0 unspecified atom stereocenters. The summed E-state index contributed by atoms with van der Waals surface area (Å²) in [5.74, 6) is 0. The Bertz CT molecular complexity index is 110. The Morgan fingerprint density at radius 2 is 1.89 bits per heavy atom. The van der Waals surface area contributed by atoms with Crippen LogP contribution in [-0.4, -0.2) is 6.18 Å². The molecule has 5 heteroatoms. The molecule has 0 aliphatic rings. The SMILES string of the molecule is FC(I)=CCC(F)(F)F. The number of rotatable bonds is 1. The quantitative estimate of drug-likeness (QED) is 0.498. The number of hydrogen-bond acceptors (Lipinski definition) is 0. The van der Waals surface area contributed by atoms with Gasteiger partial charge >= 0.3 is 6.18 Å². The van der Waals surface area contributed by atoms with Crippen LogP contribution >= 0.6 is 22.6 Å². The first-order chi connectivity index (χ1) is 3.92. The van der Waals surface area contributed by atoms with E-state index in [1.54, 1.807) is 0 Å². The minimum atomic E-state index is -4.29. The predicted molar refractivity (Wildman–Crippen MR) is 33.9 cm³/mol. The van der Waals surface area contributed by atoms with Gasteiger partial charge in [-0.25, -0.2) is 4.39 Å². The Labute approximate surface area is 63.1 Å². The van der Waals surface area contributed by atoms with Gasteiger partial charge in [-0.2, -0.15) is 13.2 Å². The Kier molecular flexibility index (Phi) is 3.45. The van der Waals surface area contributed by atoms with Gasteiger partial charge in [0.2, 0.25) is 0 Å². The van der Waals surface area contributed by atoms with Gasteiger partial charge in [0.15, 0.2) is 3.83 Å². The first kappa shape index (κ1) is 9.19. The Morgan fingerprint density at radius 1 is 1.44 bits per heavy atom. The molecule has 0 radical (unpaired) electrons. The lowest BCUT2D eigenvalue weighted by molar-refractivity contribution is -0.125. The average Bonchev–Trinajstić information content (AvgIpc) is 1.59. The summed E-state index contributed by atoms with van der Waals surface area (Å²) < 4.78 is 44.4. The summed E-state index contributed by atoms with van der Waals surface area (Å²) in [4.78, 5) is 0. The summed E-state index contributed by atoms with van der Waals surface area (Å²) in [5.41, 5.74) is 0. The van der Waals surface area contributed by atoms with Crippen LogP contribution in [0.4, 0.5) is 17.6 Å². The molecule has 0 amide bonds. The van der Waals surface area contributed by atoms with Crippen LogP contribution in [0.5, 0.6) is 0 Å². The molecule has 0 atom stereocenters. The predicted octanol–water partition coefficient (Wildman–Crippen LogP) is 3.18. The second kappa shape index (κ2) is 3.38. The monoisotopic (exact) mass is 254 g/mol. The molecule has 0 rings (SSSR count). The van der Waals surface area contributed by atoms with E-state index in [0.29, 0.717) is 6.08 Å². The van der Waals surface area contributed by atoms with Crippen molar-refractivity contribution in [3.63, 3.8) is 0 Å². The van der Waals surface area contributed by atoms with Gasteiger partial charge in [0.25, 0.3) is 0 Å². The molecule has 0 spiro atoms. The highest BCUT2D eigenvalue weighted by Gasteiger charge is 2.25. The van der Waals surface area contributed by atoms with E-state index in [-0.39, 0.29) is 0 Å². The smallest absolute Gasteiger partial charge is 0.200 e. The molecule has 0 aromatic carbocycles. The molecule has 54 valence electrons. The van der Waals surface area contributed by atoms with E-state index in [1.165, 1.54) is 22.6 Å². The first-order valence-corrected chi connectivity index (χ1v) is 3.07. The van der Waals surface area contributed by atoms with Crippen molar-refractivity contribution < 1.29 is 17.6 Å². The van der Waals surface area contributed by atoms with E-state index in [0.717, 1.165) is 0 Å². The summed E-state index contributed by atoms with van der Waals surface area (Å²) in [6.07, 6.45) is -5.00. The molecule has 0 heterocycles. The van der Waals surface area contributed by atoms with Crippen molar-refractivity contribution in [2.75, 3.05) is 0 Å². The Morgan fingerprint density at radius 3 is 2.00 bits per heavy atom. The molecule has 0 saturated heterocycles. The van der Waals surface area contributed by atoms with E-state index >= 15 is 0 Å². The minimum Gasteiger partial charge on any atom is -0.200 e. The van der Waals surface area contributed by atoms with Gasteiger partial charge in [0.05, 0.1) is 6.42 Å². The van der Waals surface area contributed by atoms with E-state index in [4.69, 9.17) is 0 Å². The number of hydrogen-bond donors (Lipinski definition) is 0. The van der Waals surface area contributed by atoms with Gasteiger partial charge in [-0.05, 0) is 28.7 Å². The summed E-state index contributed by atoms with van der Waals surface area (Å²) in [7, 11) is 0. The second-order valence-electron chi connectivity index (χ2n) is 1.31. The average molecular weight is 254 g/mol. The second-order valence-corrected chi connectivity index (χ2v) is 2.34. The Balaban J connectivity index is 3.64. The highest BCUT2D eigenvalue weighted by atomic mass is 127. The topological polar surface area (TPSA) is 0 Å². The van der Waals surface area contributed by atoms with Crippen molar-refractivity contribution in [1.82, 2.24) is 0 Å². The molecule has 0 saturated carbocycles. The zero-order valence-corrected chi connectivity index (χ0v) is 6.33. The van der Waals surface area contributed by atoms with Gasteiger partial charge < -0.3 is 0 Å². The molecule has 0 nitrogen and oxygen atoms in total. The van der Waals surface area contributed by atoms with Gasteiger partial charge in [-0.1, -0.05) is 0 Å². The molecule has 0 N–H and O–H groups in total. The van der Waals surface area contributed by atoms with Crippen LogP contribution in [0, 0.1) is 0 Å². The summed E-state index contributed by atoms with van der Waals surface area (Å²) >= 11 is 1.18. The van der Waals surface area contributed by atoms with Gasteiger partial charge in [-0.15, -0.1) is 0 Å². The molecule has 0 aromatic rings. The minimum absolute atomic E-state index is 0.487. The molecule has 0 aliphatic heterocycles. The van der Waals surface area contributed by atoms with E-state index in [2.05, 4.69) is 0 Å². The maximum atomic E-state index is 11.6. The van der Waals surface area contributed by atoms with Gasteiger partial charge in [0.1, 0.15) is 0 Å². The lowest BCUT2D eigenvalue weighted by Gasteiger charge is -1.98. The lowest BCUT2D eigenvalue weighted by Crippen LogP contribution is -2.04. The fourth-order valence-corrected chi connectivity index (χ4v) is 0.413. The number of alkyl halides is 3. The molecular weight excluding hydrogens is 251 g/mol. The van der Waals surface area contributed by atoms with Crippen LogP contribution in [0.2, 0.25) is 0 Å². The molecule has 0 aliphatic carbocycles. The van der Waals surface area contributed by atoms with E-state index < -0.39 is 16.4 Å². The van der Waals surface area contributed by atoms with E-state index in [1.807, 2.05) is 0 Å². The maximum absolute atomic E-state index is 11.6. The summed E-state index contributed by atoms with van der Waals surface area (Å²) in [5, 5.41) is 0. The third kappa shape index (κ3) is 8.19. The first-order valence-electron chi connectivity index (χ1n) is 2.00. The van der Waals surface area contributed by atoms with Gasteiger partial charge in [0, 0.05) is 0 Å². The summed E-state index contributed by atoms with van der Waals surface area (Å²) in [6.45, 7) is 0. The standard InChI is InChI=1S/C4H3F4I/c5-3(9)1-2-4(6,7)8/h1H,2H2. The van der Waals surface area contributed by atoms with Crippen LogP contribution in [0.25, 0.3) is 0 Å². The highest BCUT2D eigenvalue weighted by molar-refractivity contribution is 14.1. The normalized spacial score (nSPS) is 14.1. The van der Waals surface area contributed by atoms with Crippen LogP contribution in [0.3, 0.4) is 0 Å². The van der Waals surface area contributed by atoms with E-state index in [9.17, 15) is 17.6 Å². The van der Waals surface area contributed by atoms with Crippen LogP contribution in [-0.2, 0) is 0 Å². The fourth-order valence-electron chi connectivity index (χ4n) is 0.193. The van der Waals surface area contributed by atoms with Crippen LogP contribution in [0.1, 0.15) is 6.42 Å². The van der Waals surface area contributed by atoms with Crippen molar-refractivity contribution >= 4 is 22.6 Å².